The van der Waals surface area contributed by atoms with Crippen molar-refractivity contribution in [2.75, 3.05) is 47.6 Å². The molecule has 1 saturated carbocycles. The van der Waals surface area contributed by atoms with E-state index in [-0.39, 0.29) is 19.1 Å². The highest BCUT2D eigenvalue weighted by Gasteiger charge is 2.61. The average Bonchev–Trinajstić information content (AvgIpc) is 3.32. The maximum absolute atomic E-state index is 13.2. The molecule has 5 atom stereocenters. The maximum Gasteiger partial charge on any atom is 0.209 e. The second-order valence-electron chi connectivity index (χ2n) is 10.8. The number of unbranched alkanes of at least 4 members (excludes halogenated alkanes) is 1. The summed E-state index contributed by atoms with van der Waals surface area (Å²) >= 11 is 6.91. The molecule has 10 heteroatoms. The van der Waals surface area contributed by atoms with Crippen LogP contribution in [0.25, 0.3) is 11.1 Å². The van der Waals surface area contributed by atoms with Gasteiger partial charge in [-0.3, -0.25) is 4.79 Å². The van der Waals surface area contributed by atoms with E-state index in [4.69, 9.17) is 36.3 Å². The molecule has 0 radical (unpaired) electrons. The lowest BCUT2D eigenvalue weighted by atomic mass is 9.65. The predicted molar refractivity (Wildman–Crippen MR) is 153 cm³/mol. The first-order valence-corrected chi connectivity index (χ1v) is 14.1. The molecule has 0 aromatic heterocycles. The number of carbonyl (C=O) groups is 1. The second kappa shape index (κ2) is 13.1. The number of nitrogens with two attached hydrogens (primary N) is 1. The van der Waals surface area contributed by atoms with Crippen LogP contribution in [0.1, 0.15) is 37.7 Å². The second-order valence-corrected chi connectivity index (χ2v) is 11.2. The number of morpholine rings is 1. The lowest BCUT2D eigenvalue weighted by Gasteiger charge is -2.55. The molecule has 0 spiro atoms. The van der Waals surface area contributed by atoms with E-state index >= 15 is 0 Å². The average molecular weight is 577 g/mol. The molecule has 220 valence electrons. The molecule has 2 aromatic carbocycles. The van der Waals surface area contributed by atoms with Crippen LogP contribution in [-0.2, 0) is 19.9 Å². The summed E-state index contributed by atoms with van der Waals surface area (Å²) in [5.41, 5.74) is 5.31. The molecular formula is C30H41ClN2O7. The third-order valence-corrected chi connectivity index (χ3v) is 8.81. The summed E-state index contributed by atoms with van der Waals surface area (Å²) < 4.78 is 23.0. The van der Waals surface area contributed by atoms with Crippen LogP contribution in [0, 0.1) is 5.92 Å². The zero-order chi connectivity index (χ0) is 28.9. The minimum atomic E-state index is -1.62. The van der Waals surface area contributed by atoms with Gasteiger partial charge in [-0.2, -0.15) is 0 Å². The van der Waals surface area contributed by atoms with Gasteiger partial charge in [-0.1, -0.05) is 23.7 Å². The molecule has 4 rings (SSSR count). The van der Waals surface area contributed by atoms with Crippen LogP contribution in [0.3, 0.4) is 0 Å². The largest absolute Gasteiger partial charge is 0.497 e. The molecule has 0 unspecified atom stereocenters. The number of halogens is 1. The monoisotopic (exact) mass is 576 g/mol. The minimum Gasteiger partial charge on any atom is -0.497 e. The number of rotatable bonds is 12. The van der Waals surface area contributed by atoms with E-state index in [0.717, 1.165) is 6.41 Å². The Kier molecular flexibility index (Phi) is 9.98. The van der Waals surface area contributed by atoms with E-state index in [2.05, 4.69) is 0 Å². The molecule has 2 fully saturated rings. The van der Waals surface area contributed by atoms with E-state index < -0.39 is 23.3 Å². The summed E-state index contributed by atoms with van der Waals surface area (Å²) in [5.74, 6) is 0.827. The van der Waals surface area contributed by atoms with Crippen molar-refractivity contribution in [2.24, 2.45) is 11.7 Å². The van der Waals surface area contributed by atoms with E-state index in [9.17, 15) is 15.0 Å². The minimum absolute atomic E-state index is 0.148. The van der Waals surface area contributed by atoms with Gasteiger partial charge in [0.15, 0.2) is 0 Å². The first-order chi connectivity index (χ1) is 19.2. The molecule has 40 heavy (non-hydrogen) atoms. The van der Waals surface area contributed by atoms with Crippen LogP contribution in [-0.4, -0.2) is 86.9 Å². The molecule has 1 heterocycles. The first kappa shape index (κ1) is 30.6. The number of ether oxygens (including phenoxy) is 4. The fourth-order valence-corrected chi connectivity index (χ4v) is 6.72. The third-order valence-electron chi connectivity index (χ3n) is 8.50. The maximum atomic E-state index is 13.2. The van der Waals surface area contributed by atoms with Gasteiger partial charge in [-0.05, 0) is 67.3 Å². The Bertz CT molecular complexity index is 1130. The topological polar surface area (TPSA) is 124 Å². The van der Waals surface area contributed by atoms with Crippen molar-refractivity contribution in [2.45, 2.75) is 55.5 Å². The molecule has 0 bridgehead atoms. The Balaban J connectivity index is 1.96. The predicted octanol–water partition coefficient (Wildman–Crippen LogP) is 3.35. The number of benzene rings is 2. The Morgan fingerprint density at radius 3 is 2.50 bits per heavy atom. The van der Waals surface area contributed by atoms with Gasteiger partial charge in [0, 0.05) is 43.0 Å². The number of nitrogens with zero attached hydrogens (tertiary/aromatic N) is 1. The van der Waals surface area contributed by atoms with Gasteiger partial charge in [-0.15, -0.1) is 0 Å². The van der Waals surface area contributed by atoms with Crippen LogP contribution in [0.5, 0.6) is 11.5 Å². The van der Waals surface area contributed by atoms with Crippen LogP contribution in [0.4, 0.5) is 0 Å². The molecule has 9 nitrogen and oxygen atoms in total. The Labute approximate surface area is 241 Å². The Morgan fingerprint density at radius 2 is 1.90 bits per heavy atom. The quantitative estimate of drug-likeness (QED) is 0.260. The van der Waals surface area contributed by atoms with Gasteiger partial charge in [-0.25, -0.2) is 0 Å². The normalized spacial score (nSPS) is 26.4. The van der Waals surface area contributed by atoms with E-state index in [1.165, 1.54) is 0 Å². The summed E-state index contributed by atoms with van der Waals surface area (Å²) in [4.78, 5) is 13.7. The molecule has 1 saturated heterocycles. The fraction of sp³-hybridized carbons (Fsp3) is 0.567. The SMILES string of the molecule is COCCCC[C@@](O)(c1cccc(Cl)c1-c1cc(OC)cc(OC)c1)[C@@]1([C@H]2C[C@@H](N)[C@@H](O)C2)CN(C=O)CCO1. The van der Waals surface area contributed by atoms with Gasteiger partial charge in [0.2, 0.25) is 6.41 Å². The molecular weight excluding hydrogens is 536 g/mol. The van der Waals surface area contributed by atoms with Gasteiger partial charge in [0.1, 0.15) is 22.7 Å². The van der Waals surface area contributed by atoms with Crippen LogP contribution in [0.15, 0.2) is 36.4 Å². The summed E-state index contributed by atoms with van der Waals surface area (Å²) in [6.45, 7) is 1.33. The number of hydrogen-bond donors (Lipinski definition) is 3. The van der Waals surface area contributed by atoms with E-state index in [1.807, 2.05) is 24.3 Å². The van der Waals surface area contributed by atoms with Gasteiger partial charge >= 0.3 is 0 Å². The number of hydrogen-bond acceptors (Lipinski definition) is 8. The summed E-state index contributed by atoms with van der Waals surface area (Å²) in [5, 5.41) is 24.3. The van der Waals surface area contributed by atoms with Gasteiger partial charge in [0.25, 0.3) is 0 Å². The van der Waals surface area contributed by atoms with Crippen molar-refractivity contribution < 1.29 is 34.0 Å². The number of aliphatic hydroxyl groups is 2. The first-order valence-electron chi connectivity index (χ1n) is 13.7. The highest BCUT2D eigenvalue weighted by Crippen LogP contribution is 2.54. The lowest BCUT2D eigenvalue weighted by molar-refractivity contribution is -0.246. The van der Waals surface area contributed by atoms with E-state index in [0.29, 0.717) is 78.5 Å². The summed E-state index contributed by atoms with van der Waals surface area (Å²) in [6.07, 6.45) is 2.47. The molecule has 2 aromatic rings. The van der Waals surface area contributed by atoms with Crippen LogP contribution >= 0.6 is 11.6 Å². The van der Waals surface area contributed by atoms with Crippen molar-refractivity contribution in [1.29, 1.82) is 0 Å². The van der Waals surface area contributed by atoms with Gasteiger partial charge in [0.05, 0.1) is 33.5 Å². The number of amides is 1. The van der Waals surface area contributed by atoms with Crippen LogP contribution < -0.4 is 15.2 Å². The Morgan fingerprint density at radius 1 is 1.18 bits per heavy atom. The molecule has 1 amide bonds. The summed E-state index contributed by atoms with van der Waals surface area (Å²) in [6, 6.07) is 10.4. The van der Waals surface area contributed by atoms with Crippen molar-refractivity contribution in [3.05, 3.63) is 47.0 Å². The zero-order valence-corrected chi connectivity index (χ0v) is 24.2. The molecule has 4 N–H and O–H groups in total. The fourth-order valence-electron chi connectivity index (χ4n) is 6.44. The molecule has 2 aliphatic rings. The van der Waals surface area contributed by atoms with Crippen molar-refractivity contribution in [3.63, 3.8) is 0 Å². The smallest absolute Gasteiger partial charge is 0.209 e. The molecule has 1 aliphatic carbocycles. The number of methoxy groups -OCH3 is 3. The summed E-state index contributed by atoms with van der Waals surface area (Å²) in [7, 11) is 4.80. The highest BCUT2D eigenvalue weighted by atomic mass is 35.5. The van der Waals surface area contributed by atoms with E-state index in [1.54, 1.807) is 38.4 Å². The zero-order valence-electron chi connectivity index (χ0n) is 23.5. The van der Waals surface area contributed by atoms with Crippen molar-refractivity contribution >= 4 is 18.0 Å². The third kappa shape index (κ3) is 5.82. The molecule has 1 aliphatic heterocycles. The van der Waals surface area contributed by atoms with Crippen molar-refractivity contribution in [1.82, 2.24) is 4.90 Å². The lowest BCUT2D eigenvalue weighted by Crippen LogP contribution is -2.66. The number of carbonyl (C=O) groups excluding carboxylic acids is 1. The van der Waals surface area contributed by atoms with Crippen molar-refractivity contribution in [3.8, 4) is 22.6 Å². The van der Waals surface area contributed by atoms with Gasteiger partial charge < -0.3 is 39.8 Å². The van der Waals surface area contributed by atoms with Crippen LogP contribution in [0.2, 0.25) is 5.02 Å². The highest BCUT2D eigenvalue weighted by molar-refractivity contribution is 6.33. The Hall–Kier alpha value is -2.40. The number of aliphatic hydroxyl groups excluding tert-OH is 1. The standard InChI is InChI=1S/C30H41ClN2O7/c1-37-11-5-4-9-29(36,30(18-33(19-34)10-12-40-30)21-15-26(32)27(35)16-21)24-7-6-8-25(31)28(24)20-13-22(38-2)17-23(14-20)39-3/h6-8,13-14,17,19,21,26-27,35-36H,4-5,9-12,15-16,18,32H2,1-3H3/t21-,26+,27-,29+,30-/m0/s1.